The third kappa shape index (κ3) is 3.07. The van der Waals surface area contributed by atoms with Gasteiger partial charge in [0.1, 0.15) is 0 Å². The lowest BCUT2D eigenvalue weighted by molar-refractivity contribution is -0.384. The lowest BCUT2D eigenvalue weighted by Gasteiger charge is -2.25. The first kappa shape index (κ1) is 17.3. The van der Waals surface area contributed by atoms with Crippen molar-refractivity contribution in [1.29, 1.82) is 0 Å². The van der Waals surface area contributed by atoms with E-state index >= 15 is 0 Å². The molecule has 0 saturated heterocycles. The van der Waals surface area contributed by atoms with Crippen LogP contribution in [0.2, 0.25) is 0 Å². The van der Waals surface area contributed by atoms with Gasteiger partial charge < -0.3 is 10.6 Å². The molecule has 0 amide bonds. The Morgan fingerprint density at radius 2 is 1.70 bits per heavy atom. The molecule has 2 aliphatic rings. The number of nitro benzene ring substituents is 1. The predicted octanol–water partition coefficient (Wildman–Crippen LogP) is 4.80. The van der Waals surface area contributed by atoms with Crippen LogP contribution in [-0.2, 0) is 4.79 Å². The molecule has 1 aliphatic heterocycles. The molecular weight excluding hydrogens is 342 g/mol. The topological polar surface area (TPSA) is 84.3 Å². The number of ketones is 1. The second-order valence-electron chi connectivity index (χ2n) is 7.20. The number of nitro groups is 1. The lowest BCUT2D eigenvalue weighted by atomic mass is 9.86. The molecule has 1 atom stereocenters. The minimum Gasteiger partial charge on any atom is -0.372 e. The van der Waals surface area contributed by atoms with Gasteiger partial charge in [0.05, 0.1) is 22.3 Å². The summed E-state index contributed by atoms with van der Waals surface area (Å²) in [7, 11) is 0. The quantitative estimate of drug-likeness (QED) is 0.591. The molecule has 0 bridgehead atoms. The number of nitrogens with zero attached hydrogens (tertiary/aromatic N) is 1. The molecule has 2 N–H and O–H groups in total. The number of carbonyl (C=O) groups is 1. The van der Waals surface area contributed by atoms with E-state index < -0.39 is 4.92 Å². The van der Waals surface area contributed by atoms with Crippen LogP contribution in [-0.4, -0.2) is 10.7 Å². The smallest absolute Gasteiger partial charge is 0.269 e. The Labute approximate surface area is 157 Å². The molecule has 0 aromatic heterocycles. The molecule has 1 aliphatic carbocycles. The summed E-state index contributed by atoms with van der Waals surface area (Å²) in [6.07, 6.45) is 2.18. The molecule has 2 aromatic carbocycles. The number of anilines is 2. The van der Waals surface area contributed by atoms with E-state index in [1.54, 1.807) is 12.1 Å². The average Bonchev–Trinajstić information content (AvgIpc) is 2.80. The second kappa shape index (κ2) is 6.54. The number of benzene rings is 2. The summed E-state index contributed by atoms with van der Waals surface area (Å²) in [6, 6.07) is 10.3. The normalized spacial score (nSPS) is 18.7. The van der Waals surface area contributed by atoms with Crippen molar-refractivity contribution >= 4 is 22.8 Å². The van der Waals surface area contributed by atoms with Crippen molar-refractivity contribution in [1.82, 2.24) is 0 Å². The summed E-state index contributed by atoms with van der Waals surface area (Å²) in [4.78, 5) is 23.3. The zero-order valence-corrected chi connectivity index (χ0v) is 15.3. The summed E-state index contributed by atoms with van der Waals surface area (Å²) in [5, 5.41) is 18.0. The highest BCUT2D eigenvalue weighted by molar-refractivity contribution is 6.00. The first-order chi connectivity index (χ1) is 12.9. The molecule has 6 nitrogen and oxygen atoms in total. The van der Waals surface area contributed by atoms with E-state index in [-0.39, 0.29) is 17.5 Å². The maximum Gasteiger partial charge on any atom is 0.269 e. The zero-order chi connectivity index (χ0) is 19.1. The summed E-state index contributed by atoms with van der Waals surface area (Å²) in [5.41, 5.74) is 6.81. The van der Waals surface area contributed by atoms with E-state index in [0.29, 0.717) is 6.42 Å². The Kier molecular flexibility index (Phi) is 4.18. The van der Waals surface area contributed by atoms with Crippen LogP contribution in [0.5, 0.6) is 0 Å². The highest BCUT2D eigenvalue weighted by Crippen LogP contribution is 2.41. The van der Waals surface area contributed by atoms with Crippen molar-refractivity contribution in [2.24, 2.45) is 0 Å². The van der Waals surface area contributed by atoms with E-state index in [0.717, 1.165) is 46.6 Å². The Bertz CT molecular complexity index is 977. The van der Waals surface area contributed by atoms with Crippen molar-refractivity contribution in [3.8, 4) is 0 Å². The van der Waals surface area contributed by atoms with Gasteiger partial charge in [-0.2, -0.15) is 0 Å². The largest absolute Gasteiger partial charge is 0.372 e. The van der Waals surface area contributed by atoms with E-state index in [1.807, 2.05) is 0 Å². The predicted molar refractivity (Wildman–Crippen MR) is 105 cm³/mol. The Morgan fingerprint density at radius 3 is 2.37 bits per heavy atom. The molecule has 4 rings (SSSR count). The number of rotatable bonds is 2. The number of hydrogen-bond acceptors (Lipinski definition) is 5. The van der Waals surface area contributed by atoms with Gasteiger partial charge in [-0.05, 0) is 67.6 Å². The van der Waals surface area contributed by atoms with Crippen molar-refractivity contribution in [3.63, 3.8) is 0 Å². The molecule has 1 unspecified atom stereocenters. The van der Waals surface area contributed by atoms with Crippen molar-refractivity contribution in [3.05, 3.63) is 74.5 Å². The summed E-state index contributed by atoms with van der Waals surface area (Å²) >= 11 is 0. The van der Waals surface area contributed by atoms with Crippen molar-refractivity contribution in [2.75, 3.05) is 10.6 Å². The Balaban J connectivity index is 1.84. The first-order valence-electron chi connectivity index (χ1n) is 9.09. The number of Topliss-reactive ketones (excluding diaryl/α,β-unsaturated/α-hetero) is 1. The van der Waals surface area contributed by atoms with E-state index in [4.69, 9.17) is 0 Å². The van der Waals surface area contributed by atoms with Gasteiger partial charge in [-0.25, -0.2) is 0 Å². The van der Waals surface area contributed by atoms with E-state index in [9.17, 15) is 14.9 Å². The van der Waals surface area contributed by atoms with Crippen LogP contribution < -0.4 is 10.6 Å². The highest BCUT2D eigenvalue weighted by Gasteiger charge is 2.32. The molecule has 27 heavy (non-hydrogen) atoms. The summed E-state index contributed by atoms with van der Waals surface area (Å²) < 4.78 is 0. The summed E-state index contributed by atoms with van der Waals surface area (Å²) in [5.74, 6) is 0.126. The molecule has 2 aromatic rings. The minimum absolute atomic E-state index is 0.0431. The average molecular weight is 363 g/mol. The van der Waals surface area contributed by atoms with Crippen LogP contribution in [0.25, 0.3) is 0 Å². The maximum atomic E-state index is 12.8. The van der Waals surface area contributed by atoms with Gasteiger partial charge in [0.25, 0.3) is 5.69 Å². The molecule has 0 radical (unpaired) electrons. The Hall–Kier alpha value is -3.15. The minimum atomic E-state index is -0.413. The van der Waals surface area contributed by atoms with Crippen LogP contribution in [0.4, 0.5) is 17.1 Å². The van der Waals surface area contributed by atoms with Gasteiger partial charge >= 0.3 is 0 Å². The van der Waals surface area contributed by atoms with Gasteiger partial charge in [-0.15, -0.1) is 0 Å². The number of carbonyl (C=O) groups excluding carboxylic acids is 1. The van der Waals surface area contributed by atoms with Crippen LogP contribution >= 0.6 is 0 Å². The number of fused-ring (bicyclic) bond motifs is 1. The fraction of sp³-hybridized carbons (Fsp3) is 0.286. The highest BCUT2D eigenvalue weighted by atomic mass is 16.6. The fourth-order valence-electron chi connectivity index (χ4n) is 3.80. The van der Waals surface area contributed by atoms with Gasteiger partial charge in [0.15, 0.2) is 5.78 Å². The van der Waals surface area contributed by atoms with E-state index in [1.165, 1.54) is 17.7 Å². The summed E-state index contributed by atoms with van der Waals surface area (Å²) in [6.45, 7) is 4.12. The molecular formula is C21H21N3O3. The number of allylic oxidation sites excluding steroid dienone is 1. The third-order valence-corrected chi connectivity index (χ3v) is 5.40. The van der Waals surface area contributed by atoms with Crippen LogP contribution in [0.15, 0.2) is 47.7 Å². The van der Waals surface area contributed by atoms with Gasteiger partial charge in [-0.3, -0.25) is 14.9 Å². The molecule has 0 fully saturated rings. The standard InChI is InChI=1S/C21H21N3O3/c1-12-10-17-18(11-13(12)2)23-21(14-6-8-15(9-7-14)24(26)27)20-16(22-17)4-3-5-19(20)25/h6-11,21-23H,3-5H2,1-2H3. The molecule has 0 saturated carbocycles. The fourth-order valence-corrected chi connectivity index (χ4v) is 3.80. The SMILES string of the molecule is Cc1cc2c(cc1C)NC(c1ccc([N+](=O)[O-])cc1)C1=C(CCCC1=O)N2. The molecule has 6 heteroatoms. The second-order valence-corrected chi connectivity index (χ2v) is 7.20. The van der Waals surface area contributed by atoms with Crippen LogP contribution in [0.3, 0.4) is 0 Å². The third-order valence-electron chi connectivity index (χ3n) is 5.40. The van der Waals surface area contributed by atoms with Crippen LogP contribution in [0, 0.1) is 24.0 Å². The Morgan fingerprint density at radius 1 is 1.04 bits per heavy atom. The molecule has 0 spiro atoms. The number of aryl methyl sites for hydroxylation is 2. The van der Waals surface area contributed by atoms with E-state index in [2.05, 4.69) is 36.6 Å². The maximum absolute atomic E-state index is 12.8. The van der Waals surface area contributed by atoms with Crippen molar-refractivity contribution in [2.45, 2.75) is 39.2 Å². The zero-order valence-electron chi connectivity index (χ0n) is 15.3. The van der Waals surface area contributed by atoms with Gasteiger partial charge in [0.2, 0.25) is 0 Å². The monoisotopic (exact) mass is 363 g/mol. The lowest BCUT2D eigenvalue weighted by Crippen LogP contribution is -2.23. The number of nitrogens with one attached hydrogen (secondary N) is 2. The van der Waals surface area contributed by atoms with Gasteiger partial charge in [-0.1, -0.05) is 0 Å². The number of non-ortho nitro benzene ring substituents is 1. The number of hydrogen-bond donors (Lipinski definition) is 2. The molecule has 138 valence electrons. The van der Waals surface area contributed by atoms with Gasteiger partial charge in [0, 0.05) is 29.8 Å². The van der Waals surface area contributed by atoms with Crippen molar-refractivity contribution < 1.29 is 9.72 Å². The molecule has 1 heterocycles. The first-order valence-corrected chi connectivity index (χ1v) is 9.09. The van der Waals surface area contributed by atoms with Crippen LogP contribution in [0.1, 0.15) is 42.0 Å².